The van der Waals surface area contributed by atoms with Gasteiger partial charge in [0.15, 0.2) is 0 Å². The van der Waals surface area contributed by atoms with Crippen molar-refractivity contribution in [1.29, 1.82) is 0 Å². The Morgan fingerprint density at radius 2 is 1.86 bits per heavy atom. The average molecular weight is 509 g/mol. The maximum atomic E-state index is 14.1. The molecule has 1 aromatic rings. The Morgan fingerprint density at radius 1 is 1.17 bits per heavy atom. The molecule has 3 saturated heterocycles. The Morgan fingerprint density at radius 3 is 2.51 bits per heavy atom. The third-order valence-corrected chi connectivity index (χ3v) is 9.46. The number of ether oxygens (including phenoxy) is 2. The fourth-order valence-corrected chi connectivity index (χ4v) is 7.46. The van der Waals surface area contributed by atoms with E-state index in [1.807, 2.05) is 39.5 Å². The lowest BCUT2D eigenvalue weighted by atomic mass is 9.92. The summed E-state index contributed by atoms with van der Waals surface area (Å²) in [6.07, 6.45) is 2.66. The molecule has 3 aliphatic heterocycles. The zero-order valence-electron chi connectivity index (χ0n) is 21.9. The van der Waals surface area contributed by atoms with E-state index in [4.69, 9.17) is 9.47 Å². The summed E-state index contributed by atoms with van der Waals surface area (Å²) in [6.45, 7) is 11.9. The van der Waals surface area contributed by atoms with E-state index in [9.17, 15) is 13.2 Å². The van der Waals surface area contributed by atoms with E-state index < -0.39 is 16.1 Å². The molecule has 1 unspecified atom stereocenters. The Bertz CT molecular complexity index is 1040. The summed E-state index contributed by atoms with van der Waals surface area (Å²) in [5.74, 6) is 0.314. The predicted molar refractivity (Wildman–Crippen MR) is 134 cm³/mol. The van der Waals surface area contributed by atoms with Gasteiger partial charge in [-0.2, -0.15) is 4.31 Å². The van der Waals surface area contributed by atoms with Crippen LogP contribution in [0.25, 0.3) is 0 Å². The number of amides is 1. The van der Waals surface area contributed by atoms with E-state index in [0.717, 1.165) is 18.5 Å². The molecule has 0 bridgehead atoms. The van der Waals surface area contributed by atoms with Gasteiger partial charge in [-0.15, -0.1) is 0 Å². The third-order valence-electron chi connectivity index (χ3n) is 7.53. The molecule has 1 amide bonds. The number of hydrogen-bond donors (Lipinski definition) is 0. The van der Waals surface area contributed by atoms with E-state index >= 15 is 0 Å². The van der Waals surface area contributed by atoms with Crippen molar-refractivity contribution in [2.24, 2.45) is 0 Å². The number of aryl methyl sites for hydroxylation is 1. The SMILES string of the molecule is Cc1ccc(S(=O)(=O)N2CCC[C@H]2C(=O)N(C)C2CCOC(C)(C)C2)c(N2[C@@H](C)COC[C@@H]2C)n1. The van der Waals surface area contributed by atoms with Gasteiger partial charge < -0.3 is 19.3 Å². The van der Waals surface area contributed by atoms with Gasteiger partial charge in [-0.1, -0.05) is 0 Å². The Balaban J connectivity index is 1.64. The Kier molecular flexibility index (Phi) is 7.48. The predicted octanol–water partition coefficient (Wildman–Crippen LogP) is 2.57. The fourth-order valence-electron chi connectivity index (χ4n) is 5.68. The number of aromatic nitrogens is 1. The first-order valence-corrected chi connectivity index (χ1v) is 14.1. The summed E-state index contributed by atoms with van der Waals surface area (Å²) < 4.78 is 41.0. The summed E-state index contributed by atoms with van der Waals surface area (Å²) in [7, 11) is -2.15. The molecule has 0 aromatic carbocycles. The molecule has 0 aliphatic carbocycles. The van der Waals surface area contributed by atoms with Crippen molar-refractivity contribution in [3.63, 3.8) is 0 Å². The van der Waals surface area contributed by atoms with Gasteiger partial charge in [-0.25, -0.2) is 13.4 Å². The molecule has 10 heteroatoms. The Labute approximate surface area is 209 Å². The highest BCUT2D eigenvalue weighted by molar-refractivity contribution is 7.89. The lowest BCUT2D eigenvalue weighted by molar-refractivity contribution is -0.141. The maximum absolute atomic E-state index is 14.1. The second kappa shape index (κ2) is 9.95. The van der Waals surface area contributed by atoms with Gasteiger partial charge in [-0.05, 0) is 72.4 Å². The normalized spacial score (nSPS) is 29.8. The van der Waals surface area contributed by atoms with Crippen molar-refractivity contribution in [3.05, 3.63) is 17.8 Å². The van der Waals surface area contributed by atoms with Crippen LogP contribution in [0.5, 0.6) is 0 Å². The van der Waals surface area contributed by atoms with Crippen molar-refractivity contribution in [2.75, 3.05) is 38.3 Å². The van der Waals surface area contributed by atoms with Gasteiger partial charge in [0, 0.05) is 31.9 Å². The molecule has 4 rings (SSSR count). The quantitative estimate of drug-likeness (QED) is 0.604. The van der Waals surface area contributed by atoms with Gasteiger partial charge >= 0.3 is 0 Å². The molecule has 1 aromatic heterocycles. The average Bonchev–Trinajstić information content (AvgIpc) is 3.28. The van der Waals surface area contributed by atoms with Gasteiger partial charge in [0.05, 0.1) is 30.9 Å². The van der Waals surface area contributed by atoms with Crippen LogP contribution in [0, 0.1) is 6.92 Å². The van der Waals surface area contributed by atoms with Gasteiger partial charge in [0.1, 0.15) is 16.8 Å². The molecule has 3 aliphatic rings. The standard InChI is InChI=1S/C25H40N4O5S/c1-17-9-10-22(23(26-17)29-18(2)15-33-16-19(29)3)35(31,32)28-12-7-8-21(28)24(30)27(6)20-11-13-34-25(4,5)14-20/h9-10,18-21H,7-8,11-16H2,1-6H3/t18-,19-,20?,21-/m0/s1. The minimum atomic E-state index is -3.95. The highest BCUT2D eigenvalue weighted by Crippen LogP contribution is 2.35. The maximum Gasteiger partial charge on any atom is 0.247 e. The van der Waals surface area contributed by atoms with E-state index in [2.05, 4.69) is 4.98 Å². The minimum Gasteiger partial charge on any atom is -0.377 e. The lowest BCUT2D eigenvalue weighted by Crippen LogP contribution is -2.53. The summed E-state index contributed by atoms with van der Waals surface area (Å²) in [6, 6.07) is 2.68. The number of likely N-dealkylation sites (N-methyl/N-ethyl adjacent to an activating group) is 1. The highest BCUT2D eigenvalue weighted by Gasteiger charge is 2.44. The van der Waals surface area contributed by atoms with Crippen LogP contribution in [0.15, 0.2) is 17.0 Å². The van der Waals surface area contributed by atoms with Gasteiger partial charge in [-0.3, -0.25) is 4.79 Å². The number of rotatable bonds is 5. The summed E-state index contributed by atoms with van der Waals surface area (Å²) >= 11 is 0. The van der Waals surface area contributed by atoms with Crippen LogP contribution in [-0.4, -0.2) is 91.7 Å². The molecule has 0 radical (unpaired) electrons. The number of nitrogens with zero attached hydrogens (tertiary/aromatic N) is 4. The van der Waals surface area contributed by atoms with Crippen molar-refractivity contribution in [3.8, 4) is 0 Å². The number of anilines is 1. The van der Waals surface area contributed by atoms with Crippen LogP contribution in [0.1, 0.15) is 59.1 Å². The first-order valence-electron chi connectivity index (χ1n) is 12.7. The van der Waals surface area contributed by atoms with Crippen molar-refractivity contribution >= 4 is 21.7 Å². The summed E-state index contributed by atoms with van der Waals surface area (Å²) in [5, 5.41) is 0. The smallest absolute Gasteiger partial charge is 0.247 e. The second-order valence-electron chi connectivity index (χ2n) is 10.9. The zero-order chi connectivity index (χ0) is 25.5. The fraction of sp³-hybridized carbons (Fsp3) is 0.760. The molecule has 9 nitrogen and oxygen atoms in total. The first kappa shape index (κ1) is 26.3. The van der Waals surface area contributed by atoms with E-state index in [1.165, 1.54) is 4.31 Å². The van der Waals surface area contributed by atoms with Gasteiger partial charge in [0.2, 0.25) is 15.9 Å². The minimum absolute atomic E-state index is 0.0129. The lowest BCUT2D eigenvalue weighted by Gasteiger charge is -2.41. The van der Waals surface area contributed by atoms with Crippen LogP contribution in [-0.2, 0) is 24.3 Å². The summed E-state index contributed by atoms with van der Waals surface area (Å²) in [4.78, 5) is 22.3. The number of morpholine rings is 1. The van der Waals surface area contributed by atoms with Crippen LogP contribution in [0.4, 0.5) is 5.82 Å². The first-order chi connectivity index (χ1) is 16.4. The molecule has 3 fully saturated rings. The Hall–Kier alpha value is -1.75. The molecule has 35 heavy (non-hydrogen) atoms. The van der Waals surface area contributed by atoms with Crippen molar-refractivity contribution < 1.29 is 22.7 Å². The second-order valence-corrected chi connectivity index (χ2v) is 12.8. The number of carbonyl (C=O) groups is 1. The molecule has 196 valence electrons. The van der Waals surface area contributed by atoms with E-state index in [1.54, 1.807) is 24.1 Å². The van der Waals surface area contributed by atoms with E-state index in [0.29, 0.717) is 45.0 Å². The third kappa shape index (κ3) is 5.21. The number of carbonyl (C=O) groups excluding carboxylic acids is 1. The molecule has 0 N–H and O–H groups in total. The number of hydrogen-bond acceptors (Lipinski definition) is 7. The molecular formula is C25H40N4O5S. The van der Waals surface area contributed by atoms with Gasteiger partial charge in [0.25, 0.3) is 0 Å². The van der Waals surface area contributed by atoms with Crippen LogP contribution in [0.2, 0.25) is 0 Å². The zero-order valence-corrected chi connectivity index (χ0v) is 22.7. The molecule has 0 saturated carbocycles. The molecule has 4 heterocycles. The summed E-state index contributed by atoms with van der Waals surface area (Å²) in [5.41, 5.74) is 0.452. The molecule has 4 atom stereocenters. The molecule has 0 spiro atoms. The highest BCUT2D eigenvalue weighted by atomic mass is 32.2. The van der Waals surface area contributed by atoms with Crippen LogP contribution >= 0.6 is 0 Å². The number of sulfonamides is 1. The van der Waals surface area contributed by atoms with Crippen molar-refractivity contribution in [2.45, 2.75) is 95.0 Å². The van der Waals surface area contributed by atoms with Crippen molar-refractivity contribution in [1.82, 2.24) is 14.2 Å². The number of pyridine rings is 1. The van der Waals surface area contributed by atoms with E-state index in [-0.39, 0.29) is 34.5 Å². The molecular weight excluding hydrogens is 468 g/mol. The topological polar surface area (TPSA) is 92.3 Å². The van der Waals surface area contributed by atoms with Crippen LogP contribution in [0.3, 0.4) is 0 Å². The van der Waals surface area contributed by atoms with Crippen LogP contribution < -0.4 is 4.90 Å². The monoisotopic (exact) mass is 508 g/mol. The largest absolute Gasteiger partial charge is 0.377 e.